The zero-order valence-corrected chi connectivity index (χ0v) is 16.6. The number of carbonyl (C=O) groups is 1. The average molecular weight is 416 g/mol. The van der Waals surface area contributed by atoms with Crippen LogP contribution in [0, 0.1) is 10.1 Å². The Morgan fingerprint density at radius 2 is 1.70 bits per heavy atom. The van der Waals surface area contributed by atoms with Crippen LogP contribution in [-0.2, 0) is 16.1 Å². The molecule has 0 N–H and O–H groups in total. The van der Waals surface area contributed by atoms with Crippen molar-refractivity contribution in [3.63, 3.8) is 0 Å². The second-order valence-electron chi connectivity index (χ2n) is 7.35. The highest BCUT2D eigenvalue weighted by Crippen LogP contribution is 2.21. The van der Waals surface area contributed by atoms with Crippen LogP contribution in [0.15, 0.2) is 28.7 Å². The van der Waals surface area contributed by atoms with E-state index in [0.29, 0.717) is 56.7 Å². The third kappa shape index (κ3) is 4.99. The van der Waals surface area contributed by atoms with Crippen LogP contribution < -0.4 is 0 Å². The fourth-order valence-corrected chi connectivity index (χ4v) is 3.56. The van der Waals surface area contributed by atoms with Gasteiger partial charge in [-0.25, -0.2) is 0 Å². The van der Waals surface area contributed by atoms with Crippen molar-refractivity contribution in [2.75, 3.05) is 59.0 Å². The number of nitro benzene ring substituents is 1. The van der Waals surface area contributed by atoms with E-state index in [0.717, 1.165) is 26.2 Å². The van der Waals surface area contributed by atoms with Crippen molar-refractivity contribution in [2.45, 2.75) is 6.54 Å². The van der Waals surface area contributed by atoms with Gasteiger partial charge in [0.1, 0.15) is 0 Å². The Balaban J connectivity index is 1.26. The van der Waals surface area contributed by atoms with Gasteiger partial charge >= 0.3 is 0 Å². The van der Waals surface area contributed by atoms with Crippen LogP contribution in [0.25, 0.3) is 11.5 Å². The van der Waals surface area contributed by atoms with Crippen LogP contribution in [0.2, 0.25) is 0 Å². The molecule has 1 aromatic heterocycles. The highest BCUT2D eigenvalue weighted by molar-refractivity contribution is 5.78. The summed E-state index contributed by atoms with van der Waals surface area (Å²) >= 11 is 0. The number of rotatable bonds is 6. The van der Waals surface area contributed by atoms with Crippen molar-refractivity contribution < 1.29 is 18.9 Å². The lowest BCUT2D eigenvalue weighted by Crippen LogP contribution is -2.52. The first-order valence-electron chi connectivity index (χ1n) is 9.96. The molecule has 0 spiro atoms. The van der Waals surface area contributed by atoms with E-state index in [-0.39, 0.29) is 11.6 Å². The smallest absolute Gasteiger partial charge is 0.269 e. The standard InChI is InChI=1S/C19H24N6O5/c26-18(14-23-9-11-29-12-10-23)24-7-5-22(6-8-24)13-17-20-21-19(30-17)15-1-3-16(4-2-15)25(27)28/h1-4H,5-14H2. The normalized spacial score (nSPS) is 18.5. The SMILES string of the molecule is O=C(CN1CCOCC1)N1CCN(Cc2nnc(-c3ccc([N+](=O)[O-])cc3)o2)CC1. The number of benzene rings is 1. The Bertz CT molecular complexity index is 872. The first-order chi connectivity index (χ1) is 14.6. The molecule has 1 amide bonds. The summed E-state index contributed by atoms with van der Waals surface area (Å²) < 4.78 is 11.0. The van der Waals surface area contributed by atoms with Crippen LogP contribution in [0.5, 0.6) is 0 Å². The molecule has 11 nitrogen and oxygen atoms in total. The number of nitrogens with zero attached hydrogens (tertiary/aromatic N) is 6. The summed E-state index contributed by atoms with van der Waals surface area (Å²) in [6, 6.07) is 6.00. The van der Waals surface area contributed by atoms with E-state index in [1.54, 1.807) is 12.1 Å². The van der Waals surface area contributed by atoms with E-state index in [1.807, 2.05) is 4.90 Å². The number of hydrogen-bond donors (Lipinski definition) is 0. The zero-order valence-electron chi connectivity index (χ0n) is 16.6. The molecule has 2 aromatic rings. The summed E-state index contributed by atoms with van der Waals surface area (Å²) in [5.41, 5.74) is 0.650. The molecule has 2 fully saturated rings. The van der Waals surface area contributed by atoms with Gasteiger partial charge in [-0.3, -0.25) is 24.7 Å². The number of hydrogen-bond acceptors (Lipinski definition) is 9. The van der Waals surface area contributed by atoms with Gasteiger partial charge in [-0.05, 0) is 12.1 Å². The number of non-ortho nitro benzene ring substituents is 1. The number of amides is 1. The van der Waals surface area contributed by atoms with Gasteiger partial charge in [0.2, 0.25) is 17.7 Å². The van der Waals surface area contributed by atoms with Crippen LogP contribution >= 0.6 is 0 Å². The third-order valence-electron chi connectivity index (χ3n) is 5.34. The average Bonchev–Trinajstić information content (AvgIpc) is 3.23. The molecule has 0 radical (unpaired) electrons. The highest BCUT2D eigenvalue weighted by atomic mass is 16.6. The summed E-state index contributed by atoms with van der Waals surface area (Å²) in [6.45, 7) is 6.77. The molecule has 0 saturated carbocycles. The van der Waals surface area contributed by atoms with Crippen molar-refractivity contribution in [1.82, 2.24) is 24.9 Å². The molecule has 1 aromatic carbocycles. The second kappa shape index (κ2) is 9.28. The van der Waals surface area contributed by atoms with Crippen molar-refractivity contribution in [1.29, 1.82) is 0 Å². The highest BCUT2D eigenvalue weighted by Gasteiger charge is 2.24. The van der Waals surface area contributed by atoms with Crippen LogP contribution in [0.4, 0.5) is 5.69 Å². The van der Waals surface area contributed by atoms with Crippen LogP contribution in [0.3, 0.4) is 0 Å². The Morgan fingerprint density at radius 3 is 2.37 bits per heavy atom. The third-order valence-corrected chi connectivity index (χ3v) is 5.34. The number of carbonyl (C=O) groups excluding carboxylic acids is 1. The minimum absolute atomic E-state index is 0.0135. The summed E-state index contributed by atoms with van der Waals surface area (Å²) in [6.07, 6.45) is 0. The molecule has 0 atom stereocenters. The molecule has 0 aliphatic carbocycles. The minimum atomic E-state index is -0.450. The molecule has 0 unspecified atom stereocenters. The van der Waals surface area contributed by atoms with Crippen molar-refractivity contribution in [3.05, 3.63) is 40.3 Å². The molecule has 3 heterocycles. The van der Waals surface area contributed by atoms with E-state index in [4.69, 9.17) is 9.15 Å². The number of ether oxygens (including phenoxy) is 1. The quantitative estimate of drug-likeness (QED) is 0.493. The minimum Gasteiger partial charge on any atom is -0.419 e. The summed E-state index contributed by atoms with van der Waals surface area (Å²) in [7, 11) is 0. The molecular formula is C19H24N6O5. The molecular weight excluding hydrogens is 392 g/mol. The number of aromatic nitrogens is 2. The summed E-state index contributed by atoms with van der Waals surface area (Å²) in [5.74, 6) is 0.977. The van der Waals surface area contributed by atoms with Gasteiger partial charge < -0.3 is 14.1 Å². The topological polar surface area (TPSA) is 118 Å². The van der Waals surface area contributed by atoms with E-state index < -0.39 is 4.92 Å². The fraction of sp³-hybridized carbons (Fsp3) is 0.526. The first-order valence-corrected chi connectivity index (χ1v) is 9.96. The lowest BCUT2D eigenvalue weighted by atomic mass is 10.2. The Labute approximate surface area is 173 Å². The maximum atomic E-state index is 12.5. The van der Waals surface area contributed by atoms with Gasteiger partial charge in [-0.15, -0.1) is 10.2 Å². The molecule has 4 rings (SSSR count). The second-order valence-corrected chi connectivity index (χ2v) is 7.35. The maximum absolute atomic E-state index is 12.5. The Hall–Kier alpha value is -2.89. The zero-order chi connectivity index (χ0) is 20.9. The molecule has 11 heteroatoms. The predicted octanol–water partition coefficient (Wildman–Crippen LogP) is 0.621. The Kier molecular flexibility index (Phi) is 6.31. The van der Waals surface area contributed by atoms with Gasteiger partial charge in [0, 0.05) is 57.0 Å². The molecule has 30 heavy (non-hydrogen) atoms. The van der Waals surface area contributed by atoms with Gasteiger partial charge in [-0.2, -0.15) is 0 Å². The van der Waals surface area contributed by atoms with Crippen LogP contribution in [-0.4, -0.2) is 94.8 Å². The molecule has 2 aliphatic heterocycles. The van der Waals surface area contributed by atoms with Gasteiger partial charge in [0.05, 0.1) is 31.2 Å². The molecule has 2 aliphatic rings. The summed E-state index contributed by atoms with van der Waals surface area (Å²) in [4.78, 5) is 29.0. The maximum Gasteiger partial charge on any atom is 0.269 e. The van der Waals surface area contributed by atoms with Gasteiger partial charge in [0.25, 0.3) is 5.69 Å². The number of piperazine rings is 1. The monoisotopic (exact) mass is 416 g/mol. The lowest BCUT2D eigenvalue weighted by Gasteiger charge is -2.35. The van der Waals surface area contributed by atoms with E-state index >= 15 is 0 Å². The lowest BCUT2D eigenvalue weighted by molar-refractivity contribution is -0.384. The first kappa shape index (κ1) is 20.4. The Morgan fingerprint density at radius 1 is 1.00 bits per heavy atom. The fourth-order valence-electron chi connectivity index (χ4n) is 3.56. The van der Waals surface area contributed by atoms with Crippen molar-refractivity contribution >= 4 is 11.6 Å². The van der Waals surface area contributed by atoms with E-state index in [1.165, 1.54) is 12.1 Å². The molecule has 2 saturated heterocycles. The molecule has 0 bridgehead atoms. The van der Waals surface area contributed by atoms with Gasteiger partial charge in [-0.1, -0.05) is 0 Å². The van der Waals surface area contributed by atoms with E-state index in [9.17, 15) is 14.9 Å². The van der Waals surface area contributed by atoms with Crippen molar-refractivity contribution in [3.8, 4) is 11.5 Å². The van der Waals surface area contributed by atoms with Crippen LogP contribution in [0.1, 0.15) is 5.89 Å². The largest absolute Gasteiger partial charge is 0.419 e. The predicted molar refractivity (Wildman–Crippen MR) is 106 cm³/mol. The van der Waals surface area contributed by atoms with Crippen molar-refractivity contribution in [2.24, 2.45) is 0 Å². The number of nitro groups is 1. The summed E-state index contributed by atoms with van der Waals surface area (Å²) in [5, 5.41) is 18.9. The van der Waals surface area contributed by atoms with E-state index in [2.05, 4.69) is 20.0 Å². The molecule has 160 valence electrons. The van der Waals surface area contributed by atoms with Gasteiger partial charge in [0.15, 0.2) is 0 Å². The number of morpholine rings is 1.